The molecule has 0 aromatic heterocycles. The Hall–Kier alpha value is -1.68. The van der Waals surface area contributed by atoms with Crippen LogP contribution in [-0.2, 0) is 19.6 Å². The van der Waals surface area contributed by atoms with Crippen LogP contribution in [0.15, 0.2) is 29.2 Å². The average molecular weight is 352 g/mol. The number of carboxylic acid groups (broad SMARTS) is 2. The van der Waals surface area contributed by atoms with Crippen molar-refractivity contribution in [2.24, 2.45) is 5.73 Å². The number of carbonyl (C=O) groups is 2. The van der Waals surface area contributed by atoms with Gasteiger partial charge in [-0.05, 0) is 24.3 Å². The number of sulfonamides is 1. The van der Waals surface area contributed by atoms with Gasteiger partial charge >= 0.3 is 22.0 Å². The molecule has 0 atom stereocenters. The second-order valence-corrected chi connectivity index (χ2v) is 7.24. The molecule has 0 aliphatic carbocycles. The molecule has 8 nitrogen and oxygen atoms in total. The Morgan fingerprint density at radius 3 is 1.91 bits per heavy atom. The quantitative estimate of drug-likeness (QED) is 0.560. The summed E-state index contributed by atoms with van der Waals surface area (Å²) in [6.07, 6.45) is 0. The van der Waals surface area contributed by atoms with Gasteiger partial charge in [0.15, 0.2) is 13.1 Å². The molecule has 0 radical (unpaired) electrons. The minimum absolute atomic E-state index is 0.187. The van der Waals surface area contributed by atoms with E-state index in [1.54, 1.807) is 0 Å². The van der Waals surface area contributed by atoms with Gasteiger partial charge in [0.25, 0.3) is 0 Å². The number of quaternary nitrogens is 1. The molecule has 10 heteroatoms. The van der Waals surface area contributed by atoms with E-state index < -0.39 is 38.9 Å². The van der Waals surface area contributed by atoms with Crippen LogP contribution >= 0.6 is 11.6 Å². The monoisotopic (exact) mass is 351 g/mol. The Labute approximate surface area is 132 Å². The van der Waals surface area contributed by atoms with E-state index >= 15 is 0 Å². The first-order chi connectivity index (χ1) is 10.1. The third-order valence-corrected chi connectivity index (χ3v) is 5.59. The molecule has 0 saturated heterocycles. The molecule has 0 aliphatic heterocycles. The third kappa shape index (κ3) is 3.95. The normalized spacial score (nSPS) is 12.1. The fourth-order valence-electron chi connectivity index (χ4n) is 2.06. The zero-order valence-corrected chi connectivity index (χ0v) is 13.0. The molecule has 4 N–H and O–H groups in total. The van der Waals surface area contributed by atoms with E-state index in [0.717, 1.165) is 0 Å². The summed E-state index contributed by atoms with van der Waals surface area (Å²) < 4.78 is 24.3. The van der Waals surface area contributed by atoms with Crippen molar-refractivity contribution in [3.63, 3.8) is 0 Å². The van der Waals surface area contributed by atoms with Crippen molar-refractivity contribution in [2.75, 3.05) is 26.2 Å². The van der Waals surface area contributed by atoms with E-state index in [9.17, 15) is 18.0 Å². The summed E-state index contributed by atoms with van der Waals surface area (Å²) in [5.41, 5.74) is 5.38. The van der Waals surface area contributed by atoms with Crippen LogP contribution in [0.5, 0.6) is 0 Å². The van der Waals surface area contributed by atoms with Crippen LogP contribution in [0.4, 0.5) is 0 Å². The summed E-state index contributed by atoms with van der Waals surface area (Å²) in [6.45, 7) is -2.35. The molecule has 1 rings (SSSR count). The largest absolute Gasteiger partial charge is 0.477 e. The molecule has 122 valence electrons. The number of hydrogen-bond donors (Lipinski definition) is 3. The van der Waals surface area contributed by atoms with Gasteiger partial charge in [0.2, 0.25) is 0 Å². The van der Waals surface area contributed by atoms with Crippen LogP contribution in [0.1, 0.15) is 0 Å². The van der Waals surface area contributed by atoms with E-state index in [4.69, 9.17) is 27.5 Å². The summed E-state index contributed by atoms with van der Waals surface area (Å²) >= 11 is 5.70. The van der Waals surface area contributed by atoms with E-state index in [0.29, 0.717) is 5.02 Å². The van der Waals surface area contributed by atoms with Gasteiger partial charge in [-0.2, -0.15) is 12.3 Å². The third-order valence-electron chi connectivity index (χ3n) is 3.00. The second kappa shape index (κ2) is 7.05. The molecule has 0 fully saturated rings. The van der Waals surface area contributed by atoms with E-state index in [1.807, 2.05) is 0 Å². The molecule has 0 aliphatic rings. The van der Waals surface area contributed by atoms with Gasteiger partial charge in [0.05, 0.1) is 0 Å². The Balaban J connectivity index is 3.47. The van der Waals surface area contributed by atoms with Crippen molar-refractivity contribution in [3.8, 4) is 0 Å². The van der Waals surface area contributed by atoms with Crippen molar-refractivity contribution in [1.29, 1.82) is 0 Å². The summed E-state index contributed by atoms with van der Waals surface area (Å²) in [5.74, 6) is -2.88. The number of nitrogens with two attached hydrogens (primary N) is 1. The van der Waals surface area contributed by atoms with Crippen LogP contribution in [0.25, 0.3) is 0 Å². The van der Waals surface area contributed by atoms with Crippen molar-refractivity contribution in [3.05, 3.63) is 29.3 Å². The Morgan fingerprint density at radius 2 is 1.55 bits per heavy atom. The predicted molar refractivity (Wildman–Crippen MR) is 77.8 cm³/mol. The number of nitrogens with zero attached hydrogens (tertiary/aromatic N) is 1. The minimum atomic E-state index is -4.29. The number of rotatable bonds is 8. The highest BCUT2D eigenvalue weighted by molar-refractivity contribution is 7.86. The van der Waals surface area contributed by atoms with Gasteiger partial charge in [-0.3, -0.25) is 0 Å². The highest BCUT2D eigenvalue weighted by Gasteiger charge is 2.46. The molecule has 0 heterocycles. The predicted octanol–water partition coefficient (Wildman–Crippen LogP) is -0.0266. The summed E-state index contributed by atoms with van der Waals surface area (Å²) in [4.78, 5) is 21.9. The number of benzene rings is 1. The molecule has 0 spiro atoms. The second-order valence-electron chi connectivity index (χ2n) is 4.60. The maximum absolute atomic E-state index is 12.8. The van der Waals surface area contributed by atoms with Gasteiger partial charge in [0.1, 0.15) is 11.4 Å². The lowest BCUT2D eigenvalue weighted by atomic mass is 10.4. The van der Waals surface area contributed by atoms with E-state index in [1.165, 1.54) is 24.3 Å². The molecular weight excluding hydrogens is 336 g/mol. The van der Waals surface area contributed by atoms with Crippen LogP contribution in [0.3, 0.4) is 0 Å². The standard InChI is InChI=1S/C12H15ClN2O6S/c13-9-1-3-10(4-2-9)22(20,21)15(6-5-14,7-11(16)17)8-12(18)19/h1-4H,5-8,14H2,(H-,16,17,18,19)/p+1. The lowest BCUT2D eigenvalue weighted by Crippen LogP contribution is -2.59. The molecular formula is C12H16ClN2O6S+. The fourth-order valence-corrected chi connectivity index (χ4v) is 4.02. The number of hydrogen-bond acceptors (Lipinski definition) is 5. The lowest BCUT2D eigenvalue weighted by molar-refractivity contribution is -0.789. The van der Waals surface area contributed by atoms with Gasteiger partial charge in [-0.1, -0.05) is 11.6 Å². The van der Waals surface area contributed by atoms with Crippen LogP contribution in [-0.4, -0.2) is 60.6 Å². The Morgan fingerprint density at radius 1 is 1.09 bits per heavy atom. The van der Waals surface area contributed by atoms with E-state index in [-0.39, 0.29) is 18.0 Å². The van der Waals surface area contributed by atoms with Gasteiger partial charge in [-0.25, -0.2) is 9.59 Å². The zero-order valence-electron chi connectivity index (χ0n) is 11.5. The molecule has 0 amide bonds. The van der Waals surface area contributed by atoms with Crippen molar-refractivity contribution >= 4 is 33.6 Å². The van der Waals surface area contributed by atoms with Gasteiger partial charge in [-0.15, -0.1) is 0 Å². The maximum atomic E-state index is 12.8. The number of halogens is 1. The first-order valence-corrected chi connectivity index (χ1v) is 7.97. The fraction of sp³-hybridized carbons (Fsp3) is 0.333. The van der Waals surface area contributed by atoms with Crippen LogP contribution in [0.2, 0.25) is 5.02 Å². The first kappa shape index (κ1) is 18.4. The molecule has 1 aromatic carbocycles. The molecule has 0 unspecified atom stereocenters. The highest BCUT2D eigenvalue weighted by atomic mass is 35.5. The summed E-state index contributed by atoms with van der Waals surface area (Å²) in [6, 6.07) is 5.05. The van der Waals surface area contributed by atoms with Crippen molar-refractivity contribution in [2.45, 2.75) is 4.90 Å². The first-order valence-electron chi connectivity index (χ1n) is 6.15. The van der Waals surface area contributed by atoms with Crippen molar-refractivity contribution in [1.82, 2.24) is 0 Å². The minimum Gasteiger partial charge on any atom is -0.477 e. The topological polar surface area (TPSA) is 135 Å². The number of aliphatic carboxylic acids is 2. The molecule has 1 aromatic rings. The zero-order chi connectivity index (χ0) is 17.0. The molecule has 22 heavy (non-hydrogen) atoms. The Kier molecular flexibility index (Phi) is 5.89. The Bertz CT molecular complexity index is 643. The molecule has 0 saturated carbocycles. The molecule has 0 bridgehead atoms. The summed E-state index contributed by atoms with van der Waals surface area (Å²) in [7, 11) is -4.29. The van der Waals surface area contributed by atoms with Crippen LogP contribution < -0.4 is 5.73 Å². The maximum Gasteiger partial charge on any atom is 0.360 e. The average Bonchev–Trinajstić information content (AvgIpc) is 2.37. The SMILES string of the molecule is NCC[N+](CC(=O)O)(CC(=O)O)S(=O)(=O)c1ccc(Cl)cc1. The smallest absolute Gasteiger partial charge is 0.360 e. The lowest BCUT2D eigenvalue weighted by Gasteiger charge is -2.33. The van der Waals surface area contributed by atoms with Crippen molar-refractivity contribution < 1.29 is 32.1 Å². The number of carboxylic acids is 2. The summed E-state index contributed by atoms with van der Waals surface area (Å²) in [5, 5.41) is 18.3. The van der Waals surface area contributed by atoms with Gasteiger partial charge < -0.3 is 15.9 Å². The van der Waals surface area contributed by atoms with E-state index in [2.05, 4.69) is 0 Å². The van der Waals surface area contributed by atoms with Crippen LogP contribution in [0, 0.1) is 0 Å². The van der Waals surface area contributed by atoms with Gasteiger partial charge in [0, 0.05) is 11.6 Å². The highest BCUT2D eigenvalue weighted by Crippen LogP contribution is 2.25.